The van der Waals surface area contributed by atoms with Gasteiger partial charge in [-0.05, 0) is 6.07 Å². The Labute approximate surface area is 89.7 Å². The summed E-state index contributed by atoms with van der Waals surface area (Å²) >= 11 is 0. The summed E-state index contributed by atoms with van der Waals surface area (Å²) in [6.07, 6.45) is 0.794. The first-order valence-corrected chi connectivity index (χ1v) is 5.16. The molecule has 0 saturated carbocycles. The topological polar surface area (TPSA) is 29.5 Å². The molecule has 1 unspecified atom stereocenters. The lowest BCUT2D eigenvalue weighted by atomic mass is 9.99. The maximum Gasteiger partial charge on any atom is 0.303 e. The van der Waals surface area contributed by atoms with Gasteiger partial charge in [0, 0.05) is 38.2 Å². The highest BCUT2D eigenvalue weighted by molar-refractivity contribution is 5.67. The molecule has 80 valence electrons. The van der Waals surface area contributed by atoms with Gasteiger partial charge in [-0.25, -0.2) is 0 Å². The Balaban J connectivity index is 2.31. The smallest absolute Gasteiger partial charge is 0.303 e. The number of benzene rings is 1. The van der Waals surface area contributed by atoms with E-state index in [-0.39, 0.29) is 12.1 Å². The second-order valence-electron chi connectivity index (χ2n) is 3.87. The van der Waals surface area contributed by atoms with Gasteiger partial charge >= 0.3 is 5.97 Å². The lowest BCUT2D eigenvalue weighted by Crippen LogP contribution is -2.28. The van der Waals surface area contributed by atoms with Crippen LogP contribution in [0.25, 0.3) is 0 Å². The second kappa shape index (κ2) is 3.93. The highest BCUT2D eigenvalue weighted by Gasteiger charge is 2.24. The van der Waals surface area contributed by atoms with Crippen molar-refractivity contribution in [1.29, 1.82) is 0 Å². The molecule has 2 rings (SSSR count). The largest absolute Gasteiger partial charge is 0.458 e. The van der Waals surface area contributed by atoms with Crippen molar-refractivity contribution in [2.24, 2.45) is 0 Å². The van der Waals surface area contributed by atoms with Crippen LogP contribution in [-0.2, 0) is 9.53 Å². The van der Waals surface area contributed by atoms with Gasteiger partial charge in [0.25, 0.3) is 0 Å². The van der Waals surface area contributed by atoms with E-state index in [1.54, 1.807) is 0 Å². The van der Waals surface area contributed by atoms with E-state index in [0.717, 1.165) is 24.2 Å². The molecule has 0 bridgehead atoms. The lowest BCUT2D eigenvalue weighted by Gasteiger charge is -2.32. The first kappa shape index (κ1) is 10.0. The van der Waals surface area contributed by atoms with E-state index in [9.17, 15) is 4.79 Å². The Hall–Kier alpha value is -1.51. The first-order valence-electron chi connectivity index (χ1n) is 5.16. The van der Waals surface area contributed by atoms with Gasteiger partial charge in [-0.1, -0.05) is 18.2 Å². The van der Waals surface area contributed by atoms with Gasteiger partial charge in [-0.3, -0.25) is 4.79 Å². The van der Waals surface area contributed by atoms with Crippen LogP contribution in [0, 0.1) is 0 Å². The van der Waals surface area contributed by atoms with Crippen LogP contribution in [-0.4, -0.2) is 19.6 Å². The minimum absolute atomic E-state index is 0.0742. The zero-order valence-corrected chi connectivity index (χ0v) is 9.06. The highest BCUT2D eigenvalue weighted by atomic mass is 16.5. The van der Waals surface area contributed by atoms with Crippen molar-refractivity contribution in [3.63, 3.8) is 0 Å². The normalized spacial score (nSPS) is 19.6. The summed E-state index contributed by atoms with van der Waals surface area (Å²) in [5.74, 6) is -0.209. The van der Waals surface area contributed by atoms with Gasteiger partial charge in [0.05, 0.1) is 0 Å². The Bertz CT molecular complexity index is 376. The molecule has 1 heterocycles. The summed E-state index contributed by atoms with van der Waals surface area (Å²) < 4.78 is 5.30. The number of nitrogens with zero attached hydrogens (tertiary/aromatic N) is 1. The van der Waals surface area contributed by atoms with Crippen molar-refractivity contribution < 1.29 is 9.53 Å². The van der Waals surface area contributed by atoms with E-state index >= 15 is 0 Å². The fourth-order valence-electron chi connectivity index (χ4n) is 2.02. The summed E-state index contributed by atoms with van der Waals surface area (Å²) in [6.45, 7) is 2.38. The van der Waals surface area contributed by atoms with Crippen LogP contribution in [0.2, 0.25) is 0 Å². The summed E-state index contributed by atoms with van der Waals surface area (Å²) in [5.41, 5.74) is 2.27. The quantitative estimate of drug-likeness (QED) is 0.658. The minimum atomic E-state index is -0.209. The molecule has 1 atom stereocenters. The Morgan fingerprint density at radius 1 is 1.47 bits per heavy atom. The highest BCUT2D eigenvalue weighted by Crippen LogP contribution is 2.34. The van der Waals surface area contributed by atoms with Gasteiger partial charge in [-0.2, -0.15) is 0 Å². The molecule has 0 spiro atoms. The first-order chi connectivity index (χ1) is 7.18. The van der Waals surface area contributed by atoms with Crippen molar-refractivity contribution in [1.82, 2.24) is 0 Å². The number of anilines is 1. The van der Waals surface area contributed by atoms with Gasteiger partial charge in [0.1, 0.15) is 6.10 Å². The van der Waals surface area contributed by atoms with E-state index in [2.05, 4.69) is 18.0 Å². The third kappa shape index (κ3) is 1.96. The molecular weight excluding hydrogens is 190 g/mol. The molecule has 0 radical (unpaired) electrons. The van der Waals surface area contributed by atoms with Crippen LogP contribution < -0.4 is 4.90 Å². The second-order valence-corrected chi connectivity index (χ2v) is 3.87. The van der Waals surface area contributed by atoms with Crippen LogP contribution in [0.1, 0.15) is 25.0 Å². The summed E-state index contributed by atoms with van der Waals surface area (Å²) in [4.78, 5) is 13.2. The van der Waals surface area contributed by atoms with E-state index < -0.39 is 0 Å². The Morgan fingerprint density at radius 3 is 2.93 bits per heavy atom. The summed E-state index contributed by atoms with van der Waals surface area (Å²) in [6, 6.07) is 8.07. The van der Waals surface area contributed by atoms with Crippen LogP contribution in [0.15, 0.2) is 24.3 Å². The number of hydrogen-bond acceptors (Lipinski definition) is 3. The van der Waals surface area contributed by atoms with Crippen LogP contribution >= 0.6 is 0 Å². The molecule has 3 heteroatoms. The fraction of sp³-hybridized carbons (Fsp3) is 0.417. The Kier molecular flexibility index (Phi) is 2.62. The monoisotopic (exact) mass is 205 g/mol. The van der Waals surface area contributed by atoms with Gasteiger partial charge in [-0.15, -0.1) is 0 Å². The number of fused-ring (bicyclic) bond motifs is 1. The molecule has 15 heavy (non-hydrogen) atoms. The molecule has 0 amide bonds. The van der Waals surface area contributed by atoms with E-state index in [1.807, 2.05) is 18.2 Å². The molecule has 0 aliphatic carbocycles. The van der Waals surface area contributed by atoms with Crippen LogP contribution in [0.4, 0.5) is 5.69 Å². The van der Waals surface area contributed by atoms with Crippen molar-refractivity contribution in [2.45, 2.75) is 19.4 Å². The molecule has 0 N–H and O–H groups in total. The lowest BCUT2D eigenvalue weighted by molar-refractivity contribution is -0.147. The predicted octanol–water partition coefficient (Wildman–Crippen LogP) is 2.13. The van der Waals surface area contributed by atoms with Gasteiger partial charge < -0.3 is 9.64 Å². The van der Waals surface area contributed by atoms with E-state index in [4.69, 9.17) is 4.74 Å². The number of esters is 1. The standard InChI is InChI=1S/C12H15NO2/c1-9(14)15-12-7-8-13(2)11-6-4-3-5-10(11)12/h3-6,12H,7-8H2,1-2H3. The minimum Gasteiger partial charge on any atom is -0.458 e. The Morgan fingerprint density at radius 2 is 2.20 bits per heavy atom. The molecule has 1 aliphatic heterocycles. The predicted molar refractivity (Wildman–Crippen MR) is 58.8 cm³/mol. The number of ether oxygens (including phenoxy) is 1. The molecule has 3 nitrogen and oxygen atoms in total. The SMILES string of the molecule is CC(=O)OC1CCN(C)c2ccccc21. The number of para-hydroxylation sites is 1. The number of carbonyl (C=O) groups is 1. The van der Waals surface area contributed by atoms with E-state index in [0.29, 0.717) is 0 Å². The molecular formula is C12H15NO2. The molecule has 1 aromatic rings. The zero-order valence-electron chi connectivity index (χ0n) is 9.06. The zero-order chi connectivity index (χ0) is 10.8. The molecule has 1 aromatic carbocycles. The summed E-state index contributed by atoms with van der Waals surface area (Å²) in [5, 5.41) is 0. The average Bonchev–Trinajstić information content (AvgIpc) is 2.22. The fourth-order valence-corrected chi connectivity index (χ4v) is 2.02. The summed E-state index contributed by atoms with van der Waals surface area (Å²) in [7, 11) is 2.06. The molecule has 0 fully saturated rings. The van der Waals surface area contributed by atoms with E-state index in [1.165, 1.54) is 6.92 Å². The molecule has 0 saturated heterocycles. The van der Waals surface area contributed by atoms with Crippen molar-refractivity contribution in [2.75, 3.05) is 18.5 Å². The average molecular weight is 205 g/mol. The number of hydrogen-bond donors (Lipinski definition) is 0. The van der Waals surface area contributed by atoms with Gasteiger partial charge in [0.15, 0.2) is 0 Å². The number of rotatable bonds is 1. The maximum absolute atomic E-state index is 11.0. The maximum atomic E-state index is 11.0. The van der Waals surface area contributed by atoms with Crippen LogP contribution in [0.3, 0.4) is 0 Å². The van der Waals surface area contributed by atoms with Gasteiger partial charge in [0.2, 0.25) is 0 Å². The van der Waals surface area contributed by atoms with Crippen molar-refractivity contribution >= 4 is 11.7 Å². The van der Waals surface area contributed by atoms with Crippen molar-refractivity contribution in [3.05, 3.63) is 29.8 Å². The molecule has 0 aromatic heterocycles. The van der Waals surface area contributed by atoms with Crippen LogP contribution in [0.5, 0.6) is 0 Å². The van der Waals surface area contributed by atoms with Crippen molar-refractivity contribution in [3.8, 4) is 0 Å². The third-order valence-electron chi connectivity index (χ3n) is 2.73. The third-order valence-corrected chi connectivity index (χ3v) is 2.73. The molecule has 1 aliphatic rings. The number of carbonyl (C=O) groups excluding carboxylic acids is 1.